The normalized spacial score (nSPS) is 12.4. The van der Waals surface area contributed by atoms with Gasteiger partial charge in [0, 0.05) is 29.4 Å². The van der Waals surface area contributed by atoms with E-state index in [1.807, 2.05) is 65.9 Å². The van der Waals surface area contributed by atoms with Crippen LogP contribution in [0.2, 0.25) is 0 Å². The van der Waals surface area contributed by atoms with Gasteiger partial charge in [-0.05, 0) is 46.2 Å². The second-order valence-corrected chi connectivity index (χ2v) is 6.72. The Morgan fingerprint density at radius 3 is 2.56 bits per heavy atom. The summed E-state index contributed by atoms with van der Waals surface area (Å²) in [6, 6.07) is 7.77. The van der Waals surface area contributed by atoms with Crippen molar-refractivity contribution in [3.63, 3.8) is 0 Å². The number of aromatic nitrogens is 3. The fraction of sp³-hybridized carbons (Fsp3) is 0.350. The van der Waals surface area contributed by atoms with E-state index in [2.05, 4.69) is 15.2 Å². The third-order valence-corrected chi connectivity index (χ3v) is 4.90. The zero-order valence-electron chi connectivity index (χ0n) is 15.6. The summed E-state index contributed by atoms with van der Waals surface area (Å²) in [6.07, 6.45) is 0. The van der Waals surface area contributed by atoms with Crippen LogP contribution in [0, 0.1) is 27.7 Å². The van der Waals surface area contributed by atoms with E-state index >= 15 is 0 Å². The van der Waals surface area contributed by atoms with E-state index in [-0.39, 0.29) is 11.9 Å². The molecule has 0 bridgehead atoms. The van der Waals surface area contributed by atoms with E-state index in [4.69, 9.17) is 0 Å². The Balaban J connectivity index is 2.06. The lowest BCUT2D eigenvalue weighted by Crippen LogP contribution is -2.30. The molecule has 2 heterocycles. The van der Waals surface area contributed by atoms with Crippen LogP contribution >= 0.6 is 0 Å². The van der Waals surface area contributed by atoms with Crippen LogP contribution in [0.5, 0.6) is 0 Å². The number of H-pyrrole nitrogens is 1. The number of carbonyl (C=O) groups excluding carboxylic acids is 1. The quantitative estimate of drug-likeness (QED) is 0.785. The molecule has 0 aliphatic rings. The number of benzene rings is 1. The van der Waals surface area contributed by atoms with Gasteiger partial charge in [0.1, 0.15) is 0 Å². The maximum atomic E-state index is 13.2. The molecule has 0 saturated carbocycles. The van der Waals surface area contributed by atoms with Gasteiger partial charge in [-0.1, -0.05) is 18.2 Å². The lowest BCUT2D eigenvalue weighted by atomic mass is 10.0. The van der Waals surface area contributed by atoms with Crippen molar-refractivity contribution in [3.8, 4) is 0 Å². The highest BCUT2D eigenvalue weighted by Gasteiger charge is 2.24. The minimum atomic E-state index is -0.0698. The molecule has 130 valence electrons. The molecule has 1 N–H and O–H groups in total. The van der Waals surface area contributed by atoms with Crippen LogP contribution in [0.3, 0.4) is 0 Å². The second-order valence-electron chi connectivity index (χ2n) is 6.72. The number of hydrogen-bond acceptors (Lipinski definition) is 3. The summed E-state index contributed by atoms with van der Waals surface area (Å²) in [7, 11) is 1.84. The molecule has 0 saturated heterocycles. The van der Waals surface area contributed by atoms with E-state index in [9.17, 15) is 4.79 Å². The number of nitrogens with one attached hydrogen (secondary N) is 1. The van der Waals surface area contributed by atoms with Gasteiger partial charge in [0.25, 0.3) is 5.91 Å². The van der Waals surface area contributed by atoms with Crippen molar-refractivity contribution in [1.29, 1.82) is 0 Å². The number of fused-ring (bicyclic) bond motifs is 1. The molecule has 1 amide bonds. The molecule has 3 rings (SSSR count). The Kier molecular flexibility index (Phi) is 4.33. The van der Waals surface area contributed by atoms with Crippen LogP contribution in [-0.2, 0) is 0 Å². The van der Waals surface area contributed by atoms with E-state index < -0.39 is 0 Å². The Morgan fingerprint density at radius 2 is 1.92 bits per heavy atom. The highest BCUT2D eigenvalue weighted by molar-refractivity contribution is 6.06. The lowest BCUT2D eigenvalue weighted by Gasteiger charge is -2.26. The van der Waals surface area contributed by atoms with Gasteiger partial charge in [0.15, 0.2) is 0 Å². The first-order valence-corrected chi connectivity index (χ1v) is 8.46. The van der Waals surface area contributed by atoms with Crippen molar-refractivity contribution in [3.05, 3.63) is 58.0 Å². The number of carbonyl (C=O) groups is 1. The molecule has 5 heteroatoms. The van der Waals surface area contributed by atoms with Crippen molar-refractivity contribution in [2.45, 2.75) is 40.7 Å². The van der Waals surface area contributed by atoms with Gasteiger partial charge in [-0.2, -0.15) is 5.10 Å². The number of amides is 1. The van der Waals surface area contributed by atoms with Gasteiger partial charge in [-0.25, -0.2) is 0 Å². The van der Waals surface area contributed by atoms with Crippen molar-refractivity contribution >= 4 is 16.8 Å². The second kappa shape index (κ2) is 6.31. The fourth-order valence-corrected chi connectivity index (χ4v) is 3.43. The van der Waals surface area contributed by atoms with Gasteiger partial charge < -0.3 is 4.90 Å². The third kappa shape index (κ3) is 2.90. The highest BCUT2D eigenvalue weighted by Crippen LogP contribution is 2.28. The molecule has 25 heavy (non-hydrogen) atoms. The summed E-state index contributed by atoms with van der Waals surface area (Å²) in [6.45, 7) is 9.93. The maximum absolute atomic E-state index is 13.2. The summed E-state index contributed by atoms with van der Waals surface area (Å²) < 4.78 is 0. The lowest BCUT2D eigenvalue weighted by molar-refractivity contribution is 0.0744. The minimum Gasteiger partial charge on any atom is -0.335 e. The van der Waals surface area contributed by atoms with Crippen LogP contribution in [0.4, 0.5) is 0 Å². The molecular weight excluding hydrogens is 312 g/mol. The number of nitrogens with zero attached hydrogens (tertiary/aromatic N) is 3. The first-order valence-electron chi connectivity index (χ1n) is 8.46. The number of rotatable bonds is 3. The Hall–Kier alpha value is -2.69. The standard InChI is InChI=1S/C20H24N4O/c1-11-8-7-9-16-17(10-12(2)21-19(11)16)20(25)24(6)15(5)18-13(3)22-23-14(18)4/h7-10,15H,1-6H3,(H,22,23)/t15-/m0/s1. The SMILES string of the molecule is Cc1cc(C(=O)N(C)[C@@H](C)c2c(C)n[nH]c2C)c2cccc(C)c2n1. The summed E-state index contributed by atoms with van der Waals surface area (Å²) in [5, 5.41) is 8.15. The zero-order valence-corrected chi connectivity index (χ0v) is 15.6. The van der Waals surface area contributed by atoms with Crippen LogP contribution < -0.4 is 0 Å². The van der Waals surface area contributed by atoms with E-state index in [1.54, 1.807) is 4.90 Å². The van der Waals surface area contributed by atoms with Crippen molar-refractivity contribution < 1.29 is 4.79 Å². The smallest absolute Gasteiger partial charge is 0.254 e. The summed E-state index contributed by atoms with van der Waals surface area (Å²) in [5.41, 5.74) is 6.51. The summed E-state index contributed by atoms with van der Waals surface area (Å²) in [5.74, 6) is -0.00593. The van der Waals surface area contributed by atoms with Crippen molar-refractivity contribution in [2.24, 2.45) is 0 Å². The molecule has 0 aliphatic heterocycles. The molecular formula is C20H24N4O. The largest absolute Gasteiger partial charge is 0.335 e. The number of aryl methyl sites for hydroxylation is 4. The van der Waals surface area contributed by atoms with Crippen LogP contribution in [-0.4, -0.2) is 33.0 Å². The molecule has 1 atom stereocenters. The number of pyridine rings is 1. The predicted molar refractivity (Wildman–Crippen MR) is 99.8 cm³/mol. The van der Waals surface area contributed by atoms with Gasteiger partial charge >= 0.3 is 0 Å². The predicted octanol–water partition coefficient (Wildman–Crippen LogP) is 4.02. The molecule has 0 aliphatic carbocycles. The number of aromatic amines is 1. The average molecular weight is 336 g/mol. The van der Waals surface area contributed by atoms with Crippen molar-refractivity contribution in [2.75, 3.05) is 7.05 Å². The monoisotopic (exact) mass is 336 g/mol. The number of hydrogen-bond donors (Lipinski definition) is 1. The summed E-state index contributed by atoms with van der Waals surface area (Å²) in [4.78, 5) is 19.6. The van der Waals surface area contributed by atoms with Crippen molar-refractivity contribution in [1.82, 2.24) is 20.1 Å². The number of para-hydroxylation sites is 1. The molecule has 5 nitrogen and oxygen atoms in total. The zero-order chi connectivity index (χ0) is 18.3. The Bertz CT molecular complexity index is 938. The summed E-state index contributed by atoms with van der Waals surface area (Å²) >= 11 is 0. The maximum Gasteiger partial charge on any atom is 0.254 e. The fourth-order valence-electron chi connectivity index (χ4n) is 3.43. The molecule has 0 radical (unpaired) electrons. The van der Waals surface area contributed by atoms with E-state index in [1.165, 1.54) is 0 Å². The molecule has 3 aromatic rings. The average Bonchev–Trinajstić information content (AvgIpc) is 2.91. The molecule has 2 aromatic heterocycles. The van der Waals surface area contributed by atoms with Gasteiger partial charge in [0.2, 0.25) is 0 Å². The topological polar surface area (TPSA) is 61.9 Å². The van der Waals surface area contributed by atoms with Gasteiger partial charge in [-0.15, -0.1) is 0 Å². The van der Waals surface area contributed by atoms with Gasteiger partial charge in [-0.3, -0.25) is 14.9 Å². The highest BCUT2D eigenvalue weighted by atomic mass is 16.2. The van der Waals surface area contributed by atoms with Gasteiger partial charge in [0.05, 0.1) is 22.8 Å². The van der Waals surface area contributed by atoms with E-state index in [0.717, 1.165) is 39.1 Å². The van der Waals surface area contributed by atoms with Crippen LogP contribution in [0.25, 0.3) is 10.9 Å². The van der Waals surface area contributed by atoms with Crippen LogP contribution in [0.15, 0.2) is 24.3 Å². The molecule has 1 aromatic carbocycles. The minimum absolute atomic E-state index is 0.00593. The molecule has 0 spiro atoms. The van der Waals surface area contributed by atoms with Crippen LogP contribution in [0.1, 0.15) is 51.5 Å². The first-order chi connectivity index (χ1) is 11.8. The molecule has 0 unspecified atom stereocenters. The Labute approximate surface area is 148 Å². The third-order valence-electron chi connectivity index (χ3n) is 4.90. The first kappa shape index (κ1) is 17.1. The molecule has 0 fully saturated rings. The Morgan fingerprint density at radius 1 is 1.20 bits per heavy atom. The van der Waals surface area contributed by atoms with E-state index in [0.29, 0.717) is 5.56 Å².